The number of hydrogen-bond acceptors (Lipinski definition) is 1. The van der Waals surface area contributed by atoms with E-state index in [4.69, 9.17) is 0 Å². The number of carbonyl (C=O) groups is 1. The second kappa shape index (κ2) is 9.18. The third-order valence-electron chi connectivity index (χ3n) is 0.676. The Morgan fingerprint density at radius 2 is 2.14 bits per heavy atom. The maximum absolute atomic E-state index is 9.56. The van der Waals surface area contributed by atoms with E-state index >= 15 is 0 Å². The van der Waals surface area contributed by atoms with Crippen LogP contribution in [0.25, 0.3) is 0 Å². The van der Waals surface area contributed by atoms with Gasteiger partial charge in [-0.05, 0) is 6.42 Å². The molecule has 0 aromatic rings. The van der Waals surface area contributed by atoms with Crippen molar-refractivity contribution in [2.24, 2.45) is 0 Å². The van der Waals surface area contributed by atoms with Crippen LogP contribution in [0.1, 0.15) is 33.6 Å². The monoisotopic (exact) mass is 102 g/mol. The molecule has 0 N–H and O–H groups in total. The van der Waals surface area contributed by atoms with Crippen LogP contribution in [0.2, 0.25) is 0 Å². The van der Waals surface area contributed by atoms with Gasteiger partial charge in [0.1, 0.15) is 6.29 Å². The molecule has 44 valence electrons. The van der Waals surface area contributed by atoms with Crippen LogP contribution in [0.5, 0.6) is 0 Å². The Hall–Kier alpha value is -0.330. The summed E-state index contributed by atoms with van der Waals surface area (Å²) in [6.45, 7) is 2.07. The molecule has 0 aromatic carbocycles. The molecule has 0 radical (unpaired) electrons. The van der Waals surface area contributed by atoms with Crippen LogP contribution >= 0.6 is 0 Å². The molecule has 0 rings (SSSR count). The molecule has 0 aliphatic heterocycles. The van der Waals surface area contributed by atoms with Gasteiger partial charge in [0.2, 0.25) is 0 Å². The van der Waals surface area contributed by atoms with Gasteiger partial charge in [-0.15, -0.1) is 0 Å². The zero-order chi connectivity index (χ0) is 4.83. The fraction of sp³-hybridized carbons (Fsp3) is 0.833. The Kier molecular flexibility index (Phi) is 12.9. The Bertz CT molecular complexity index is 33.2. The molecule has 0 aromatic heterocycles. The summed E-state index contributed by atoms with van der Waals surface area (Å²) < 4.78 is 0. The quantitative estimate of drug-likeness (QED) is 0.393. The Morgan fingerprint density at radius 3 is 2.29 bits per heavy atom. The third-order valence-corrected chi connectivity index (χ3v) is 0.676. The van der Waals surface area contributed by atoms with Crippen molar-refractivity contribution >= 4 is 6.29 Å². The number of carbonyl (C=O) groups excluding carboxylic acids is 1. The molecule has 0 saturated heterocycles. The molecule has 0 amide bonds. The highest BCUT2D eigenvalue weighted by Crippen LogP contribution is 1.87. The van der Waals surface area contributed by atoms with Gasteiger partial charge >= 0.3 is 0 Å². The van der Waals surface area contributed by atoms with E-state index in [2.05, 4.69) is 6.92 Å². The first-order chi connectivity index (χ1) is 2.91. The lowest BCUT2D eigenvalue weighted by atomic mass is 10.3. The zero-order valence-corrected chi connectivity index (χ0v) is 4.11. The largest absolute Gasteiger partial charge is 0.303 e. The lowest BCUT2D eigenvalue weighted by Gasteiger charge is -1.79. The minimum atomic E-state index is 0. The van der Waals surface area contributed by atoms with Crippen LogP contribution in [-0.2, 0) is 4.79 Å². The summed E-state index contributed by atoms with van der Waals surface area (Å²) in [5, 5.41) is 0. The van der Waals surface area contributed by atoms with Gasteiger partial charge in [-0.1, -0.05) is 20.8 Å². The number of rotatable bonds is 3. The summed E-state index contributed by atoms with van der Waals surface area (Å²) in [7, 11) is 0. The average molecular weight is 102 g/mol. The van der Waals surface area contributed by atoms with Gasteiger partial charge in [0, 0.05) is 6.42 Å². The fourth-order valence-electron chi connectivity index (χ4n) is 0.287. The van der Waals surface area contributed by atoms with Crippen LogP contribution in [0.4, 0.5) is 0 Å². The van der Waals surface area contributed by atoms with Crippen molar-refractivity contribution in [1.82, 2.24) is 0 Å². The van der Waals surface area contributed by atoms with E-state index in [1.165, 1.54) is 0 Å². The van der Waals surface area contributed by atoms with Gasteiger partial charge in [0.05, 0.1) is 0 Å². The molecule has 0 aliphatic carbocycles. The summed E-state index contributed by atoms with van der Waals surface area (Å²) in [6.07, 6.45) is 3.86. The predicted molar refractivity (Wildman–Crippen MR) is 32.3 cm³/mol. The Labute approximate surface area is 45.7 Å². The lowest BCUT2D eigenvalue weighted by Crippen LogP contribution is -1.70. The van der Waals surface area contributed by atoms with E-state index < -0.39 is 0 Å². The first-order valence-electron chi connectivity index (χ1n) is 2.35. The number of aldehydes is 1. The molecule has 1 heteroatoms. The van der Waals surface area contributed by atoms with Crippen LogP contribution < -0.4 is 0 Å². The van der Waals surface area contributed by atoms with Gasteiger partial charge in [-0.2, -0.15) is 0 Å². The summed E-state index contributed by atoms with van der Waals surface area (Å²) in [5.74, 6) is 0. The molecule has 0 aliphatic rings. The smallest absolute Gasteiger partial charge is 0.119 e. The normalized spacial score (nSPS) is 7.00. The van der Waals surface area contributed by atoms with Crippen molar-refractivity contribution < 1.29 is 4.79 Å². The predicted octanol–water partition coefficient (Wildman–Crippen LogP) is 2.01. The third kappa shape index (κ3) is 10.7. The molecule has 0 saturated carbocycles. The zero-order valence-electron chi connectivity index (χ0n) is 4.11. The second-order valence-electron chi connectivity index (χ2n) is 1.31. The molecule has 1 nitrogen and oxygen atoms in total. The molecule has 0 fully saturated rings. The minimum absolute atomic E-state index is 0. The van der Waals surface area contributed by atoms with E-state index in [0.29, 0.717) is 0 Å². The highest BCUT2D eigenvalue weighted by atomic mass is 16.1. The second-order valence-corrected chi connectivity index (χ2v) is 1.31. The summed E-state index contributed by atoms with van der Waals surface area (Å²) >= 11 is 0. The maximum atomic E-state index is 9.56. The van der Waals surface area contributed by atoms with Gasteiger partial charge in [-0.25, -0.2) is 0 Å². The standard InChI is InChI=1S/C5H10O.CH4/c1-2-3-4-5-6;/h5H,2-4H2,1H3;1H4. The van der Waals surface area contributed by atoms with Crippen molar-refractivity contribution in [3.63, 3.8) is 0 Å². The van der Waals surface area contributed by atoms with Gasteiger partial charge in [0.25, 0.3) is 0 Å². The highest BCUT2D eigenvalue weighted by Gasteiger charge is 1.74. The summed E-state index contributed by atoms with van der Waals surface area (Å²) in [6, 6.07) is 0. The van der Waals surface area contributed by atoms with E-state index in [1.807, 2.05) is 0 Å². The molecule has 0 spiro atoms. The van der Waals surface area contributed by atoms with Crippen LogP contribution in [-0.4, -0.2) is 6.29 Å². The van der Waals surface area contributed by atoms with Crippen LogP contribution in [0.3, 0.4) is 0 Å². The van der Waals surface area contributed by atoms with Crippen molar-refractivity contribution in [2.75, 3.05) is 0 Å². The lowest BCUT2D eigenvalue weighted by molar-refractivity contribution is -0.107. The molecule has 0 heterocycles. The molecule has 0 atom stereocenters. The van der Waals surface area contributed by atoms with Crippen molar-refractivity contribution in [3.8, 4) is 0 Å². The fourth-order valence-corrected chi connectivity index (χ4v) is 0.287. The molecule has 7 heavy (non-hydrogen) atoms. The van der Waals surface area contributed by atoms with Gasteiger partial charge in [0.15, 0.2) is 0 Å². The van der Waals surface area contributed by atoms with E-state index in [-0.39, 0.29) is 7.43 Å². The number of hydrogen-bond donors (Lipinski definition) is 0. The van der Waals surface area contributed by atoms with Gasteiger partial charge in [-0.3, -0.25) is 0 Å². The van der Waals surface area contributed by atoms with Crippen molar-refractivity contribution in [3.05, 3.63) is 0 Å². The first-order valence-corrected chi connectivity index (χ1v) is 2.35. The van der Waals surface area contributed by atoms with Crippen LogP contribution in [0.15, 0.2) is 0 Å². The topological polar surface area (TPSA) is 17.1 Å². The maximum Gasteiger partial charge on any atom is 0.119 e. The average Bonchev–Trinajstić information content (AvgIpc) is 1.61. The Morgan fingerprint density at radius 1 is 1.57 bits per heavy atom. The Balaban J connectivity index is 0. The van der Waals surface area contributed by atoms with Crippen molar-refractivity contribution in [1.29, 1.82) is 0 Å². The SMILES string of the molecule is C.CCCCC=O. The number of unbranched alkanes of at least 4 members (excludes halogenated alkanes) is 2. The molecule has 0 unspecified atom stereocenters. The van der Waals surface area contributed by atoms with E-state index in [1.54, 1.807) is 0 Å². The first kappa shape index (κ1) is 9.83. The minimum Gasteiger partial charge on any atom is -0.303 e. The summed E-state index contributed by atoms with van der Waals surface area (Å²) in [4.78, 5) is 9.56. The molecule has 0 bridgehead atoms. The van der Waals surface area contributed by atoms with Crippen LogP contribution in [0, 0.1) is 0 Å². The van der Waals surface area contributed by atoms with Crippen molar-refractivity contribution in [2.45, 2.75) is 33.6 Å². The molecular weight excluding hydrogens is 88.1 g/mol. The van der Waals surface area contributed by atoms with E-state index in [0.717, 1.165) is 25.5 Å². The van der Waals surface area contributed by atoms with E-state index in [9.17, 15) is 4.79 Å². The summed E-state index contributed by atoms with van der Waals surface area (Å²) in [5.41, 5.74) is 0. The molecular formula is C6H14O. The highest BCUT2D eigenvalue weighted by molar-refractivity contribution is 5.48. The van der Waals surface area contributed by atoms with Gasteiger partial charge < -0.3 is 4.79 Å².